The molecule has 1 aromatic carbocycles. The lowest BCUT2D eigenvalue weighted by Crippen LogP contribution is -2.00. The van der Waals surface area contributed by atoms with Crippen molar-refractivity contribution in [1.82, 2.24) is 14.6 Å². The Hall–Kier alpha value is -2.65. The van der Waals surface area contributed by atoms with Crippen molar-refractivity contribution >= 4 is 23.7 Å². The Morgan fingerprint density at radius 3 is 2.81 bits per heavy atom. The third kappa shape index (κ3) is 2.28. The zero-order valence-corrected chi connectivity index (χ0v) is 11.9. The van der Waals surface area contributed by atoms with Gasteiger partial charge in [-0.15, -0.1) is 12.4 Å². The van der Waals surface area contributed by atoms with E-state index in [0.29, 0.717) is 28.2 Å². The molecule has 3 rings (SSSR count). The number of anilines is 1. The van der Waals surface area contributed by atoms with Gasteiger partial charge in [-0.3, -0.25) is 0 Å². The van der Waals surface area contributed by atoms with Gasteiger partial charge in [0.2, 0.25) is 0 Å². The van der Waals surface area contributed by atoms with Crippen LogP contribution in [0.2, 0.25) is 0 Å². The topological polar surface area (TPSA) is 80.0 Å². The van der Waals surface area contributed by atoms with Crippen LogP contribution in [0, 0.1) is 24.1 Å². The number of nitrogens with zero attached hydrogens (tertiary/aromatic N) is 4. The van der Waals surface area contributed by atoms with Gasteiger partial charge in [0.25, 0.3) is 0 Å². The van der Waals surface area contributed by atoms with Gasteiger partial charge in [-0.05, 0) is 24.6 Å². The van der Waals surface area contributed by atoms with Gasteiger partial charge in [-0.2, -0.15) is 10.4 Å². The summed E-state index contributed by atoms with van der Waals surface area (Å²) in [5.74, 6) is -0.527. The summed E-state index contributed by atoms with van der Waals surface area (Å²) in [6.07, 6.45) is 1.41. The minimum Gasteiger partial charge on any atom is -0.399 e. The molecule has 0 radical (unpaired) electrons. The molecular weight excluding hydrogens is 293 g/mol. The largest absolute Gasteiger partial charge is 0.399 e. The monoisotopic (exact) mass is 303 g/mol. The Balaban J connectivity index is 0.00000161. The first-order chi connectivity index (χ1) is 9.61. The molecular formula is C14H11ClFN5. The number of hydrogen-bond acceptors (Lipinski definition) is 4. The van der Waals surface area contributed by atoms with Crippen molar-refractivity contribution < 1.29 is 4.39 Å². The first kappa shape index (κ1) is 14.8. The van der Waals surface area contributed by atoms with Gasteiger partial charge in [-0.1, -0.05) is 6.07 Å². The van der Waals surface area contributed by atoms with E-state index in [4.69, 9.17) is 11.0 Å². The normalized spacial score (nSPS) is 10.1. The lowest BCUT2D eigenvalue weighted by Gasteiger charge is -2.10. The fourth-order valence-corrected chi connectivity index (χ4v) is 2.18. The second-order valence-electron chi connectivity index (χ2n) is 4.42. The Morgan fingerprint density at radius 1 is 1.33 bits per heavy atom. The number of rotatable bonds is 1. The maximum atomic E-state index is 14.1. The van der Waals surface area contributed by atoms with Gasteiger partial charge in [0.15, 0.2) is 5.65 Å². The Bertz CT molecular complexity index is 866. The van der Waals surface area contributed by atoms with Gasteiger partial charge >= 0.3 is 0 Å². The van der Waals surface area contributed by atoms with Crippen LogP contribution in [-0.4, -0.2) is 14.6 Å². The number of halogens is 2. The summed E-state index contributed by atoms with van der Waals surface area (Å²) in [5.41, 5.74) is 8.61. The number of nitrogens with two attached hydrogens (primary N) is 1. The molecule has 2 heterocycles. The SMILES string of the molecule is Cc1c(-c2cc(N)cc3ncnn23)ccc(C#N)c1F.Cl. The molecule has 2 N–H and O–H groups in total. The molecule has 0 aliphatic rings. The van der Waals surface area contributed by atoms with E-state index in [0.717, 1.165) is 0 Å². The molecule has 2 aromatic heterocycles. The number of hydrogen-bond donors (Lipinski definition) is 1. The third-order valence-electron chi connectivity index (χ3n) is 3.18. The fraction of sp³-hybridized carbons (Fsp3) is 0.0714. The van der Waals surface area contributed by atoms with Crippen molar-refractivity contribution in [1.29, 1.82) is 5.26 Å². The van der Waals surface area contributed by atoms with Gasteiger partial charge in [0, 0.05) is 17.3 Å². The minimum atomic E-state index is -0.527. The van der Waals surface area contributed by atoms with Crippen LogP contribution in [0.25, 0.3) is 16.9 Å². The van der Waals surface area contributed by atoms with E-state index < -0.39 is 5.82 Å². The lowest BCUT2D eigenvalue weighted by molar-refractivity contribution is 0.615. The third-order valence-corrected chi connectivity index (χ3v) is 3.18. The number of aromatic nitrogens is 3. The van der Waals surface area contributed by atoms with E-state index in [9.17, 15) is 4.39 Å². The highest BCUT2D eigenvalue weighted by Crippen LogP contribution is 2.28. The highest BCUT2D eigenvalue weighted by atomic mass is 35.5. The number of fused-ring (bicyclic) bond motifs is 1. The summed E-state index contributed by atoms with van der Waals surface area (Å²) in [7, 11) is 0. The zero-order chi connectivity index (χ0) is 14.3. The standard InChI is InChI=1S/C14H10FN5.ClH/c1-8-11(3-2-9(6-16)14(8)15)12-4-10(17)5-13-18-7-19-20(12)13;/h2-5,7H,17H2,1H3;1H. The molecule has 21 heavy (non-hydrogen) atoms. The molecule has 0 unspecified atom stereocenters. The molecule has 0 saturated heterocycles. The number of pyridine rings is 1. The second kappa shape index (κ2) is 5.38. The first-order valence-electron chi connectivity index (χ1n) is 5.90. The summed E-state index contributed by atoms with van der Waals surface area (Å²) in [4.78, 5) is 4.08. The van der Waals surface area contributed by atoms with Crippen LogP contribution in [-0.2, 0) is 0 Å². The van der Waals surface area contributed by atoms with Crippen LogP contribution in [0.15, 0.2) is 30.6 Å². The van der Waals surface area contributed by atoms with Crippen LogP contribution in [0.4, 0.5) is 10.1 Å². The van der Waals surface area contributed by atoms with Crippen LogP contribution in [0.5, 0.6) is 0 Å². The molecule has 0 fully saturated rings. The summed E-state index contributed by atoms with van der Waals surface area (Å²) in [6.45, 7) is 1.62. The molecule has 7 heteroatoms. The average Bonchev–Trinajstić information content (AvgIpc) is 2.89. The molecule has 0 spiro atoms. The number of nitriles is 1. The van der Waals surface area contributed by atoms with Gasteiger partial charge in [0.1, 0.15) is 18.2 Å². The smallest absolute Gasteiger partial charge is 0.158 e. The highest BCUT2D eigenvalue weighted by molar-refractivity contribution is 5.85. The van der Waals surface area contributed by atoms with Crippen LogP contribution in [0.3, 0.4) is 0 Å². The number of benzene rings is 1. The van der Waals surface area contributed by atoms with E-state index in [2.05, 4.69) is 10.1 Å². The summed E-state index contributed by atoms with van der Waals surface area (Å²) < 4.78 is 15.7. The highest BCUT2D eigenvalue weighted by Gasteiger charge is 2.14. The average molecular weight is 304 g/mol. The number of nitrogen functional groups attached to an aromatic ring is 1. The molecule has 0 aliphatic carbocycles. The first-order valence-corrected chi connectivity index (χ1v) is 5.90. The van der Waals surface area contributed by atoms with Crippen molar-refractivity contribution in [3.63, 3.8) is 0 Å². The minimum absolute atomic E-state index is 0. The summed E-state index contributed by atoms with van der Waals surface area (Å²) in [6, 6.07) is 8.35. The van der Waals surface area contributed by atoms with Crippen LogP contribution in [0.1, 0.15) is 11.1 Å². The Kier molecular flexibility index (Phi) is 3.78. The fourth-order valence-electron chi connectivity index (χ4n) is 2.18. The van der Waals surface area contributed by atoms with E-state index in [-0.39, 0.29) is 18.0 Å². The quantitative estimate of drug-likeness (QED) is 0.749. The molecule has 3 aromatic rings. The van der Waals surface area contributed by atoms with Crippen molar-refractivity contribution in [2.45, 2.75) is 6.92 Å². The van der Waals surface area contributed by atoms with Crippen LogP contribution < -0.4 is 5.73 Å². The molecule has 0 bridgehead atoms. The molecule has 106 valence electrons. The second-order valence-corrected chi connectivity index (χ2v) is 4.42. The van der Waals surface area contributed by atoms with Gasteiger partial charge in [0.05, 0.1) is 11.3 Å². The van der Waals surface area contributed by atoms with Gasteiger partial charge in [-0.25, -0.2) is 13.9 Å². The van der Waals surface area contributed by atoms with E-state index >= 15 is 0 Å². The lowest BCUT2D eigenvalue weighted by atomic mass is 10.0. The van der Waals surface area contributed by atoms with Crippen molar-refractivity contribution in [2.75, 3.05) is 5.73 Å². The summed E-state index contributed by atoms with van der Waals surface area (Å²) in [5, 5.41) is 13.0. The van der Waals surface area contributed by atoms with E-state index in [1.807, 2.05) is 6.07 Å². The predicted molar refractivity (Wildman–Crippen MR) is 79.5 cm³/mol. The van der Waals surface area contributed by atoms with Crippen molar-refractivity contribution in [3.05, 3.63) is 47.5 Å². The maximum Gasteiger partial charge on any atom is 0.158 e. The van der Waals surface area contributed by atoms with Crippen molar-refractivity contribution in [2.24, 2.45) is 0 Å². The molecule has 0 aliphatic heterocycles. The van der Waals surface area contributed by atoms with E-state index in [1.54, 1.807) is 29.6 Å². The zero-order valence-electron chi connectivity index (χ0n) is 11.0. The summed E-state index contributed by atoms with van der Waals surface area (Å²) >= 11 is 0. The molecule has 0 atom stereocenters. The van der Waals surface area contributed by atoms with E-state index in [1.165, 1.54) is 12.4 Å². The predicted octanol–water partition coefficient (Wildman–Crippen LogP) is 2.72. The molecule has 0 amide bonds. The Morgan fingerprint density at radius 2 is 2.10 bits per heavy atom. The Labute approximate surface area is 126 Å². The van der Waals surface area contributed by atoms with Gasteiger partial charge < -0.3 is 5.73 Å². The van der Waals surface area contributed by atoms with Crippen molar-refractivity contribution in [3.8, 4) is 17.3 Å². The molecule has 0 saturated carbocycles. The maximum absolute atomic E-state index is 14.1. The van der Waals surface area contributed by atoms with Crippen LogP contribution >= 0.6 is 12.4 Å². The molecule has 5 nitrogen and oxygen atoms in total.